The molecular weight excluding hydrogens is 356 g/mol. The molecule has 0 bridgehead atoms. The number of likely N-dealkylation sites (N-methyl/N-ethyl adjacent to an activating group) is 1. The first-order valence-electron chi connectivity index (χ1n) is 9.42. The molecule has 0 saturated carbocycles. The highest BCUT2D eigenvalue weighted by Crippen LogP contribution is 2.24. The third-order valence-electron chi connectivity index (χ3n) is 5.22. The minimum absolute atomic E-state index is 0.0417. The van der Waals surface area contributed by atoms with E-state index >= 15 is 0 Å². The van der Waals surface area contributed by atoms with Gasteiger partial charge in [0.2, 0.25) is 0 Å². The van der Waals surface area contributed by atoms with Crippen molar-refractivity contribution in [2.24, 2.45) is 7.05 Å². The van der Waals surface area contributed by atoms with Crippen molar-refractivity contribution < 1.29 is 0 Å². The minimum atomic E-state index is -0.127. The molecule has 3 aromatic heterocycles. The van der Waals surface area contributed by atoms with Crippen molar-refractivity contribution in [1.29, 1.82) is 0 Å². The molecule has 0 atom stereocenters. The molecule has 28 heavy (non-hydrogen) atoms. The summed E-state index contributed by atoms with van der Waals surface area (Å²) in [7, 11) is 3.78. The molecule has 0 aromatic carbocycles. The molecule has 0 N–H and O–H groups in total. The van der Waals surface area contributed by atoms with Gasteiger partial charge in [-0.15, -0.1) is 15.3 Å². The topological polar surface area (TPSA) is 84.5 Å². The van der Waals surface area contributed by atoms with E-state index < -0.39 is 0 Å². The van der Waals surface area contributed by atoms with Crippen molar-refractivity contribution in [3.63, 3.8) is 0 Å². The van der Waals surface area contributed by atoms with Gasteiger partial charge < -0.3 is 9.47 Å². The fraction of sp³-hybridized carbons (Fsp3) is 0.526. The lowest BCUT2D eigenvalue weighted by Gasteiger charge is -2.44. The summed E-state index contributed by atoms with van der Waals surface area (Å²) in [5.74, 6) is 1.76. The van der Waals surface area contributed by atoms with Gasteiger partial charge in [-0.05, 0) is 19.2 Å². The first-order chi connectivity index (χ1) is 13.2. The molecule has 0 spiro atoms. The summed E-state index contributed by atoms with van der Waals surface area (Å²) in [6.45, 7) is 8.57. The number of anilines is 1. The van der Waals surface area contributed by atoms with E-state index in [1.54, 1.807) is 24.0 Å². The molecule has 148 valence electrons. The Morgan fingerprint density at radius 1 is 1.21 bits per heavy atom. The zero-order valence-corrected chi connectivity index (χ0v) is 17.0. The van der Waals surface area contributed by atoms with Gasteiger partial charge in [0.1, 0.15) is 11.5 Å². The van der Waals surface area contributed by atoms with E-state index in [1.165, 1.54) is 0 Å². The van der Waals surface area contributed by atoms with Gasteiger partial charge in [-0.2, -0.15) is 4.52 Å². The van der Waals surface area contributed by atoms with Crippen molar-refractivity contribution in [3.05, 3.63) is 46.4 Å². The third kappa shape index (κ3) is 3.26. The Balaban J connectivity index is 1.46. The Kier molecular flexibility index (Phi) is 4.41. The second kappa shape index (κ2) is 6.66. The molecule has 0 amide bonds. The summed E-state index contributed by atoms with van der Waals surface area (Å²) in [5.41, 5.74) is 1.16. The van der Waals surface area contributed by atoms with Crippen LogP contribution >= 0.6 is 0 Å². The quantitative estimate of drug-likeness (QED) is 0.661. The fourth-order valence-electron chi connectivity index (χ4n) is 3.36. The molecule has 0 radical (unpaired) electrons. The second-order valence-electron chi connectivity index (χ2n) is 8.50. The number of hydrogen-bond donors (Lipinski definition) is 0. The number of aryl methyl sites for hydroxylation is 1. The van der Waals surface area contributed by atoms with Crippen LogP contribution in [-0.4, -0.2) is 60.4 Å². The van der Waals surface area contributed by atoms with Gasteiger partial charge >= 0.3 is 0 Å². The highest BCUT2D eigenvalue weighted by Gasteiger charge is 2.32. The SMILES string of the molecule is CN(Cc1nccn(C)c1=O)C1CN(c2ccc3nnc(C(C)(C)C)n3n2)C1. The monoisotopic (exact) mass is 382 g/mol. The zero-order valence-electron chi connectivity index (χ0n) is 17.0. The first-order valence-corrected chi connectivity index (χ1v) is 9.42. The van der Waals surface area contributed by atoms with Crippen LogP contribution in [0, 0.1) is 0 Å². The van der Waals surface area contributed by atoms with E-state index in [-0.39, 0.29) is 11.0 Å². The third-order valence-corrected chi connectivity index (χ3v) is 5.22. The Bertz CT molecular complexity index is 1060. The Hall–Kier alpha value is -2.81. The van der Waals surface area contributed by atoms with Crippen molar-refractivity contribution in [2.45, 2.75) is 38.8 Å². The average Bonchev–Trinajstić information content (AvgIpc) is 3.01. The largest absolute Gasteiger partial charge is 0.352 e. The predicted octanol–water partition coefficient (Wildman–Crippen LogP) is 0.836. The first kappa shape index (κ1) is 18.5. The predicted molar refractivity (Wildman–Crippen MR) is 106 cm³/mol. The molecule has 1 aliphatic heterocycles. The summed E-state index contributed by atoms with van der Waals surface area (Å²) >= 11 is 0. The van der Waals surface area contributed by atoms with Gasteiger partial charge in [0.25, 0.3) is 5.56 Å². The van der Waals surface area contributed by atoms with E-state index in [9.17, 15) is 4.79 Å². The van der Waals surface area contributed by atoms with Crippen LogP contribution in [-0.2, 0) is 19.0 Å². The lowest BCUT2D eigenvalue weighted by atomic mass is 9.96. The molecule has 1 saturated heterocycles. The molecule has 9 heteroatoms. The standard InChI is InChI=1S/C19H26N8O/c1-19(2,3)18-22-21-15-6-7-16(23-27(15)18)26-10-13(11-26)25(5)12-14-17(28)24(4)9-8-20-14/h6-9,13H,10-12H2,1-5H3. The molecule has 4 rings (SSSR count). The minimum Gasteiger partial charge on any atom is -0.352 e. The summed E-state index contributed by atoms with van der Waals surface area (Å²) in [6, 6.07) is 4.30. The normalized spacial score (nSPS) is 15.4. The summed E-state index contributed by atoms with van der Waals surface area (Å²) in [5, 5.41) is 13.3. The average molecular weight is 382 g/mol. The molecule has 4 heterocycles. The lowest BCUT2D eigenvalue weighted by molar-refractivity contribution is 0.193. The lowest BCUT2D eigenvalue weighted by Crippen LogP contribution is -2.58. The summed E-state index contributed by atoms with van der Waals surface area (Å²) < 4.78 is 3.40. The molecule has 0 unspecified atom stereocenters. The van der Waals surface area contributed by atoms with E-state index in [4.69, 9.17) is 5.10 Å². The van der Waals surface area contributed by atoms with Crippen molar-refractivity contribution >= 4 is 11.5 Å². The van der Waals surface area contributed by atoms with Crippen LogP contribution in [0.3, 0.4) is 0 Å². The number of rotatable bonds is 4. The van der Waals surface area contributed by atoms with Crippen LogP contribution in [0.15, 0.2) is 29.3 Å². The Morgan fingerprint density at radius 3 is 2.68 bits per heavy atom. The fourth-order valence-corrected chi connectivity index (χ4v) is 3.36. The van der Waals surface area contributed by atoms with Gasteiger partial charge in [0, 0.05) is 50.5 Å². The van der Waals surface area contributed by atoms with Crippen molar-refractivity contribution in [2.75, 3.05) is 25.0 Å². The number of aromatic nitrogens is 6. The maximum Gasteiger partial charge on any atom is 0.273 e. The molecule has 0 aliphatic carbocycles. The molecule has 1 aliphatic rings. The van der Waals surface area contributed by atoms with Crippen LogP contribution in [0.4, 0.5) is 5.82 Å². The van der Waals surface area contributed by atoms with E-state index in [0.717, 1.165) is 30.4 Å². The van der Waals surface area contributed by atoms with Crippen LogP contribution in [0.25, 0.3) is 5.65 Å². The maximum atomic E-state index is 12.2. The molecule has 1 fully saturated rings. The maximum absolute atomic E-state index is 12.2. The van der Waals surface area contributed by atoms with Crippen LogP contribution in [0.1, 0.15) is 32.3 Å². The van der Waals surface area contributed by atoms with Gasteiger partial charge in [0.15, 0.2) is 11.5 Å². The van der Waals surface area contributed by atoms with Crippen LogP contribution < -0.4 is 10.5 Å². The Morgan fingerprint density at radius 2 is 1.96 bits per heavy atom. The van der Waals surface area contributed by atoms with Crippen molar-refractivity contribution in [3.8, 4) is 0 Å². The van der Waals surface area contributed by atoms with E-state index in [2.05, 4.69) is 45.8 Å². The molecule has 3 aromatic rings. The van der Waals surface area contributed by atoms with Gasteiger partial charge in [-0.3, -0.25) is 14.7 Å². The highest BCUT2D eigenvalue weighted by atomic mass is 16.1. The summed E-state index contributed by atoms with van der Waals surface area (Å²) in [6.07, 6.45) is 3.35. The second-order valence-corrected chi connectivity index (χ2v) is 8.50. The van der Waals surface area contributed by atoms with Crippen LogP contribution in [0.5, 0.6) is 0 Å². The van der Waals surface area contributed by atoms with Crippen LogP contribution in [0.2, 0.25) is 0 Å². The van der Waals surface area contributed by atoms with Gasteiger partial charge in [-0.1, -0.05) is 20.8 Å². The highest BCUT2D eigenvalue weighted by molar-refractivity contribution is 5.48. The number of nitrogens with zero attached hydrogens (tertiary/aromatic N) is 8. The molecular formula is C19H26N8O. The summed E-state index contributed by atoms with van der Waals surface area (Å²) in [4.78, 5) is 20.8. The smallest absolute Gasteiger partial charge is 0.273 e. The van der Waals surface area contributed by atoms with Gasteiger partial charge in [-0.25, -0.2) is 0 Å². The van der Waals surface area contributed by atoms with Gasteiger partial charge in [0.05, 0.1) is 0 Å². The van der Waals surface area contributed by atoms with E-state index in [1.807, 2.05) is 23.7 Å². The molecule has 9 nitrogen and oxygen atoms in total. The van der Waals surface area contributed by atoms with Crippen molar-refractivity contribution in [1.82, 2.24) is 34.3 Å². The number of hydrogen-bond acceptors (Lipinski definition) is 7. The number of fused-ring (bicyclic) bond motifs is 1. The Labute approximate surface area is 163 Å². The zero-order chi connectivity index (χ0) is 20.1. The van der Waals surface area contributed by atoms with E-state index in [0.29, 0.717) is 18.3 Å².